The fourth-order valence-corrected chi connectivity index (χ4v) is 3.47. The highest BCUT2D eigenvalue weighted by Crippen LogP contribution is 2.24. The number of tetrazole rings is 1. The number of thioether (sulfide) groups is 2. The highest BCUT2D eigenvalue weighted by atomic mass is 32.2. The lowest BCUT2D eigenvalue weighted by molar-refractivity contribution is -0.114. The minimum Gasteiger partial charge on any atom is -0.326 e. The number of rotatable bonds is 6. The number of anilines is 1. The van der Waals surface area contributed by atoms with Gasteiger partial charge in [0.15, 0.2) is 0 Å². The highest BCUT2D eigenvalue weighted by Gasteiger charge is 2.10. The average molecular weight is 371 g/mol. The van der Waals surface area contributed by atoms with E-state index in [0.717, 1.165) is 11.4 Å². The molecule has 3 aromatic rings. The van der Waals surface area contributed by atoms with E-state index in [-0.39, 0.29) is 5.91 Å². The first-order chi connectivity index (χ1) is 12.2. The molecule has 0 aliphatic rings. The molecular formula is C17H17N5OS2. The van der Waals surface area contributed by atoms with Gasteiger partial charge >= 0.3 is 0 Å². The van der Waals surface area contributed by atoms with Crippen LogP contribution in [0.25, 0.3) is 5.69 Å². The molecule has 0 atom stereocenters. The molecule has 128 valence electrons. The van der Waals surface area contributed by atoms with Crippen molar-refractivity contribution in [1.82, 2.24) is 20.2 Å². The number of hydrogen-bond acceptors (Lipinski definition) is 6. The van der Waals surface area contributed by atoms with Gasteiger partial charge in [0.2, 0.25) is 11.1 Å². The van der Waals surface area contributed by atoms with Crippen LogP contribution in [0.3, 0.4) is 0 Å². The van der Waals surface area contributed by atoms with Crippen LogP contribution in [0.4, 0.5) is 5.69 Å². The maximum Gasteiger partial charge on any atom is 0.221 e. The monoisotopic (exact) mass is 371 g/mol. The molecule has 3 rings (SSSR count). The van der Waals surface area contributed by atoms with Crippen molar-refractivity contribution < 1.29 is 4.79 Å². The molecule has 0 radical (unpaired) electrons. The lowest BCUT2D eigenvalue weighted by Crippen LogP contribution is -2.07. The Morgan fingerprint density at radius 1 is 1.20 bits per heavy atom. The van der Waals surface area contributed by atoms with Crippen molar-refractivity contribution in [2.45, 2.75) is 22.7 Å². The fourth-order valence-electron chi connectivity index (χ4n) is 2.22. The van der Waals surface area contributed by atoms with Crippen LogP contribution in [0, 0.1) is 0 Å². The second-order valence-corrected chi connectivity index (χ2v) is 7.06. The molecule has 0 unspecified atom stereocenters. The van der Waals surface area contributed by atoms with E-state index in [1.807, 2.05) is 24.3 Å². The van der Waals surface area contributed by atoms with Gasteiger partial charge in [0.25, 0.3) is 0 Å². The Kier molecular flexibility index (Phi) is 5.72. The van der Waals surface area contributed by atoms with Crippen molar-refractivity contribution in [1.29, 1.82) is 0 Å². The van der Waals surface area contributed by atoms with Gasteiger partial charge in [0.05, 0.1) is 5.69 Å². The number of carbonyl (C=O) groups is 1. The summed E-state index contributed by atoms with van der Waals surface area (Å²) in [5.74, 6) is 0.664. The topological polar surface area (TPSA) is 72.7 Å². The van der Waals surface area contributed by atoms with Gasteiger partial charge in [0, 0.05) is 23.3 Å². The Morgan fingerprint density at radius 2 is 2.00 bits per heavy atom. The molecule has 2 aromatic carbocycles. The van der Waals surface area contributed by atoms with Gasteiger partial charge in [-0.25, -0.2) is 0 Å². The summed E-state index contributed by atoms with van der Waals surface area (Å²) < 4.78 is 1.67. The third-order valence-electron chi connectivity index (χ3n) is 3.38. The number of hydrogen-bond donors (Lipinski definition) is 1. The smallest absolute Gasteiger partial charge is 0.221 e. The molecule has 1 N–H and O–H groups in total. The molecule has 0 bridgehead atoms. The first kappa shape index (κ1) is 17.5. The summed E-state index contributed by atoms with van der Waals surface area (Å²) in [4.78, 5) is 12.5. The first-order valence-corrected chi connectivity index (χ1v) is 9.79. The van der Waals surface area contributed by atoms with E-state index in [4.69, 9.17) is 0 Å². The van der Waals surface area contributed by atoms with E-state index in [2.05, 4.69) is 51.4 Å². The SMILES string of the molecule is CSc1ccc(CSc2nnnn2-c2cccc(NC(C)=O)c2)cc1. The second-order valence-electron chi connectivity index (χ2n) is 5.24. The summed E-state index contributed by atoms with van der Waals surface area (Å²) in [5, 5.41) is 15.4. The zero-order valence-electron chi connectivity index (χ0n) is 13.8. The summed E-state index contributed by atoms with van der Waals surface area (Å²) >= 11 is 3.29. The van der Waals surface area contributed by atoms with Gasteiger partial charge in [-0.2, -0.15) is 4.68 Å². The number of carbonyl (C=O) groups excluding carboxylic acids is 1. The van der Waals surface area contributed by atoms with E-state index in [0.29, 0.717) is 10.8 Å². The van der Waals surface area contributed by atoms with Gasteiger partial charge < -0.3 is 5.32 Å². The van der Waals surface area contributed by atoms with Crippen molar-refractivity contribution in [3.63, 3.8) is 0 Å². The quantitative estimate of drug-likeness (QED) is 0.667. The molecule has 0 saturated carbocycles. The minimum atomic E-state index is -0.114. The van der Waals surface area contributed by atoms with Crippen molar-refractivity contribution in [2.75, 3.05) is 11.6 Å². The molecule has 0 fully saturated rings. The van der Waals surface area contributed by atoms with E-state index in [9.17, 15) is 4.79 Å². The summed E-state index contributed by atoms with van der Waals surface area (Å²) in [6.07, 6.45) is 2.06. The fraction of sp³-hybridized carbons (Fsp3) is 0.176. The molecule has 1 aromatic heterocycles. The van der Waals surface area contributed by atoms with E-state index >= 15 is 0 Å². The van der Waals surface area contributed by atoms with Crippen LogP contribution in [0.1, 0.15) is 12.5 Å². The van der Waals surface area contributed by atoms with E-state index < -0.39 is 0 Å². The van der Waals surface area contributed by atoms with Crippen LogP contribution in [0.2, 0.25) is 0 Å². The predicted molar refractivity (Wildman–Crippen MR) is 101 cm³/mol. The minimum absolute atomic E-state index is 0.114. The molecule has 8 heteroatoms. The number of nitrogens with zero attached hydrogens (tertiary/aromatic N) is 4. The molecule has 0 aliphatic carbocycles. The van der Waals surface area contributed by atoms with Crippen LogP contribution in [-0.4, -0.2) is 32.4 Å². The largest absolute Gasteiger partial charge is 0.326 e. The van der Waals surface area contributed by atoms with Crippen LogP contribution < -0.4 is 5.32 Å². The van der Waals surface area contributed by atoms with Crippen molar-refractivity contribution in [3.05, 3.63) is 54.1 Å². The first-order valence-electron chi connectivity index (χ1n) is 7.58. The molecule has 0 aliphatic heterocycles. The summed E-state index contributed by atoms with van der Waals surface area (Å²) in [6.45, 7) is 1.48. The molecule has 25 heavy (non-hydrogen) atoms. The van der Waals surface area contributed by atoms with Gasteiger partial charge in [-0.05, 0) is 52.6 Å². The molecule has 0 saturated heterocycles. The zero-order valence-corrected chi connectivity index (χ0v) is 15.5. The highest BCUT2D eigenvalue weighted by molar-refractivity contribution is 7.98. The van der Waals surface area contributed by atoms with Gasteiger partial charge in [0.1, 0.15) is 0 Å². The van der Waals surface area contributed by atoms with Crippen LogP contribution in [-0.2, 0) is 10.5 Å². The second kappa shape index (κ2) is 8.17. The zero-order chi connectivity index (χ0) is 17.6. The van der Waals surface area contributed by atoms with E-state index in [1.165, 1.54) is 17.4 Å². The number of nitrogens with one attached hydrogen (secondary N) is 1. The van der Waals surface area contributed by atoms with Crippen molar-refractivity contribution >= 4 is 35.1 Å². The third-order valence-corrected chi connectivity index (χ3v) is 5.11. The van der Waals surface area contributed by atoms with Gasteiger partial charge in [-0.3, -0.25) is 4.79 Å². The standard InChI is InChI=1S/C17H17N5OS2/c1-12(23)18-14-4-3-5-15(10-14)22-17(19-20-21-22)25-11-13-6-8-16(24-2)9-7-13/h3-10H,11H2,1-2H3,(H,18,23). The Morgan fingerprint density at radius 3 is 2.72 bits per heavy atom. The normalized spacial score (nSPS) is 10.6. The number of amides is 1. The van der Waals surface area contributed by atoms with Gasteiger partial charge in [-0.1, -0.05) is 30.0 Å². The van der Waals surface area contributed by atoms with Crippen LogP contribution in [0.15, 0.2) is 58.6 Å². The van der Waals surface area contributed by atoms with Gasteiger partial charge in [-0.15, -0.1) is 16.9 Å². The predicted octanol–water partition coefficient (Wildman–Crippen LogP) is 3.63. The number of aromatic nitrogens is 4. The lowest BCUT2D eigenvalue weighted by atomic mass is 10.2. The lowest BCUT2D eigenvalue weighted by Gasteiger charge is -2.07. The molecular weight excluding hydrogens is 354 g/mol. The maximum atomic E-state index is 11.2. The van der Waals surface area contributed by atoms with Crippen molar-refractivity contribution in [2.24, 2.45) is 0 Å². The Hall–Kier alpha value is -2.32. The third kappa shape index (κ3) is 4.61. The van der Waals surface area contributed by atoms with Crippen LogP contribution in [0.5, 0.6) is 0 Å². The maximum absolute atomic E-state index is 11.2. The Labute approximate surface area is 154 Å². The molecule has 1 heterocycles. The molecule has 1 amide bonds. The molecule has 0 spiro atoms. The summed E-state index contributed by atoms with van der Waals surface area (Å²) in [5.41, 5.74) is 2.73. The summed E-state index contributed by atoms with van der Waals surface area (Å²) in [6, 6.07) is 15.9. The van der Waals surface area contributed by atoms with Crippen molar-refractivity contribution in [3.8, 4) is 5.69 Å². The average Bonchev–Trinajstić information content (AvgIpc) is 3.08. The number of benzene rings is 2. The molecule has 6 nitrogen and oxygen atoms in total. The summed E-state index contributed by atoms with van der Waals surface area (Å²) in [7, 11) is 0. The Balaban J connectivity index is 1.75. The van der Waals surface area contributed by atoms with Crippen LogP contribution >= 0.6 is 23.5 Å². The van der Waals surface area contributed by atoms with E-state index in [1.54, 1.807) is 28.2 Å². The Bertz CT molecular complexity index is 863.